The molecule has 86 valence electrons. The fourth-order valence-corrected chi connectivity index (χ4v) is 1.44. The highest BCUT2D eigenvalue weighted by Gasteiger charge is 2.03. The number of pyridine rings is 1. The second kappa shape index (κ2) is 5.12. The van der Waals surface area contributed by atoms with Gasteiger partial charge in [0.25, 0.3) is 0 Å². The number of nitrogens with zero attached hydrogens (tertiary/aromatic N) is 1. The van der Waals surface area contributed by atoms with Gasteiger partial charge in [-0.1, -0.05) is 0 Å². The van der Waals surface area contributed by atoms with Crippen LogP contribution in [0.25, 0.3) is 0 Å². The van der Waals surface area contributed by atoms with Crippen molar-refractivity contribution in [1.82, 2.24) is 4.98 Å². The minimum Gasteiger partial charge on any atom is -0.508 e. The number of hydrogen-bond acceptors (Lipinski definition) is 3. The van der Waals surface area contributed by atoms with Gasteiger partial charge in [0.05, 0.1) is 6.42 Å². The molecule has 0 unspecified atom stereocenters. The Balaban J connectivity index is 1.96. The number of carbonyl (C=O) groups excluding carboxylic acids is 1. The lowest BCUT2D eigenvalue weighted by Crippen LogP contribution is -2.14. The number of phenolic OH excluding ortho intramolecular Hbond substituents is 1. The average molecular weight is 228 g/mol. The van der Waals surface area contributed by atoms with Crippen molar-refractivity contribution in [3.8, 4) is 5.75 Å². The monoisotopic (exact) mass is 228 g/mol. The van der Waals surface area contributed by atoms with Gasteiger partial charge in [0.15, 0.2) is 0 Å². The third-order valence-corrected chi connectivity index (χ3v) is 2.27. The van der Waals surface area contributed by atoms with Gasteiger partial charge in [-0.25, -0.2) is 0 Å². The molecule has 2 N–H and O–H groups in total. The fourth-order valence-electron chi connectivity index (χ4n) is 1.44. The first-order valence-electron chi connectivity index (χ1n) is 5.22. The van der Waals surface area contributed by atoms with Crippen LogP contribution in [0.2, 0.25) is 0 Å². The summed E-state index contributed by atoms with van der Waals surface area (Å²) < 4.78 is 0. The van der Waals surface area contributed by atoms with Crippen molar-refractivity contribution in [2.24, 2.45) is 0 Å². The predicted octanol–water partition coefficient (Wildman–Crippen LogP) is 1.97. The molecule has 2 aromatic rings. The smallest absolute Gasteiger partial charge is 0.228 e. The van der Waals surface area contributed by atoms with Gasteiger partial charge in [0.1, 0.15) is 5.75 Å². The number of nitrogens with one attached hydrogen (secondary N) is 1. The second-order valence-electron chi connectivity index (χ2n) is 3.63. The Hall–Kier alpha value is -2.36. The number of phenols is 1. The molecule has 17 heavy (non-hydrogen) atoms. The van der Waals surface area contributed by atoms with E-state index in [1.54, 1.807) is 36.7 Å². The third kappa shape index (κ3) is 3.31. The molecular weight excluding hydrogens is 216 g/mol. The van der Waals surface area contributed by atoms with E-state index in [2.05, 4.69) is 10.3 Å². The lowest BCUT2D eigenvalue weighted by molar-refractivity contribution is -0.115. The first kappa shape index (κ1) is 11.1. The van der Waals surface area contributed by atoms with Gasteiger partial charge in [-0.05, 0) is 42.0 Å². The summed E-state index contributed by atoms with van der Waals surface area (Å²) in [4.78, 5) is 15.6. The van der Waals surface area contributed by atoms with Crippen molar-refractivity contribution in [3.63, 3.8) is 0 Å². The van der Waals surface area contributed by atoms with Crippen molar-refractivity contribution in [2.45, 2.75) is 6.42 Å². The highest BCUT2D eigenvalue weighted by Crippen LogP contribution is 2.13. The van der Waals surface area contributed by atoms with Crippen LogP contribution in [-0.2, 0) is 11.2 Å². The van der Waals surface area contributed by atoms with Crippen LogP contribution in [0.3, 0.4) is 0 Å². The van der Waals surface area contributed by atoms with Gasteiger partial charge >= 0.3 is 0 Å². The van der Waals surface area contributed by atoms with E-state index in [1.807, 2.05) is 0 Å². The summed E-state index contributed by atoms with van der Waals surface area (Å²) in [5.74, 6) is 0.0824. The molecule has 2 rings (SSSR count). The SMILES string of the molecule is O=C(Cc1ccncc1)Nc1ccc(O)cc1. The number of aromatic nitrogens is 1. The molecule has 1 aromatic carbocycles. The highest BCUT2D eigenvalue weighted by molar-refractivity contribution is 5.92. The number of anilines is 1. The Kier molecular flexibility index (Phi) is 3.35. The van der Waals surface area contributed by atoms with E-state index in [0.717, 1.165) is 5.56 Å². The molecule has 0 spiro atoms. The Morgan fingerprint density at radius 1 is 1.12 bits per heavy atom. The number of benzene rings is 1. The van der Waals surface area contributed by atoms with E-state index in [4.69, 9.17) is 5.11 Å². The minimum atomic E-state index is -0.0955. The zero-order valence-corrected chi connectivity index (χ0v) is 9.13. The van der Waals surface area contributed by atoms with Gasteiger partial charge in [-0.2, -0.15) is 0 Å². The number of carbonyl (C=O) groups is 1. The van der Waals surface area contributed by atoms with Crippen molar-refractivity contribution in [2.75, 3.05) is 5.32 Å². The van der Waals surface area contributed by atoms with E-state index in [9.17, 15) is 4.79 Å². The summed E-state index contributed by atoms with van der Waals surface area (Å²) in [6.07, 6.45) is 3.62. The maximum absolute atomic E-state index is 11.7. The first-order chi connectivity index (χ1) is 8.24. The molecule has 4 heteroatoms. The third-order valence-electron chi connectivity index (χ3n) is 2.27. The summed E-state index contributed by atoms with van der Waals surface area (Å²) in [5.41, 5.74) is 1.58. The maximum atomic E-state index is 11.7. The Labute approximate surface area is 98.9 Å². The number of hydrogen-bond donors (Lipinski definition) is 2. The van der Waals surface area contributed by atoms with Crippen molar-refractivity contribution in [3.05, 3.63) is 54.4 Å². The molecule has 0 saturated heterocycles. The van der Waals surface area contributed by atoms with Crippen LogP contribution >= 0.6 is 0 Å². The Bertz CT molecular complexity index is 495. The maximum Gasteiger partial charge on any atom is 0.228 e. The molecule has 0 aliphatic heterocycles. The number of rotatable bonds is 3. The van der Waals surface area contributed by atoms with E-state index in [-0.39, 0.29) is 11.7 Å². The summed E-state index contributed by atoms with van der Waals surface area (Å²) in [7, 11) is 0. The zero-order valence-electron chi connectivity index (χ0n) is 9.13. The molecule has 0 aliphatic rings. The predicted molar refractivity (Wildman–Crippen MR) is 64.7 cm³/mol. The Morgan fingerprint density at radius 3 is 2.41 bits per heavy atom. The van der Waals surface area contributed by atoms with Gasteiger partial charge in [-0.3, -0.25) is 9.78 Å². The van der Waals surface area contributed by atoms with Crippen LogP contribution in [0.4, 0.5) is 5.69 Å². The number of aromatic hydroxyl groups is 1. The van der Waals surface area contributed by atoms with E-state index >= 15 is 0 Å². The van der Waals surface area contributed by atoms with E-state index in [1.165, 1.54) is 12.1 Å². The van der Waals surface area contributed by atoms with Gasteiger partial charge in [0, 0.05) is 18.1 Å². The summed E-state index contributed by atoms with van der Waals surface area (Å²) >= 11 is 0. The molecule has 0 radical (unpaired) electrons. The van der Waals surface area contributed by atoms with Crippen molar-refractivity contribution >= 4 is 11.6 Å². The van der Waals surface area contributed by atoms with Crippen LogP contribution in [0.1, 0.15) is 5.56 Å². The highest BCUT2D eigenvalue weighted by atomic mass is 16.3. The lowest BCUT2D eigenvalue weighted by Gasteiger charge is -2.05. The minimum absolute atomic E-state index is 0.0955. The Morgan fingerprint density at radius 2 is 1.76 bits per heavy atom. The lowest BCUT2D eigenvalue weighted by atomic mass is 10.2. The molecule has 4 nitrogen and oxygen atoms in total. The molecule has 1 heterocycles. The summed E-state index contributed by atoms with van der Waals surface area (Å²) in [6.45, 7) is 0. The van der Waals surface area contributed by atoms with E-state index in [0.29, 0.717) is 12.1 Å². The quantitative estimate of drug-likeness (QED) is 0.789. The largest absolute Gasteiger partial charge is 0.508 e. The van der Waals surface area contributed by atoms with E-state index < -0.39 is 0 Å². The van der Waals surface area contributed by atoms with Crippen LogP contribution < -0.4 is 5.32 Å². The second-order valence-corrected chi connectivity index (χ2v) is 3.63. The van der Waals surface area contributed by atoms with Crippen molar-refractivity contribution in [1.29, 1.82) is 0 Å². The van der Waals surface area contributed by atoms with Gasteiger partial charge in [-0.15, -0.1) is 0 Å². The molecule has 0 saturated carbocycles. The van der Waals surface area contributed by atoms with Crippen LogP contribution in [0.5, 0.6) is 5.75 Å². The van der Waals surface area contributed by atoms with Gasteiger partial charge in [0.2, 0.25) is 5.91 Å². The normalized spacial score (nSPS) is 9.88. The molecule has 1 amide bonds. The fraction of sp³-hybridized carbons (Fsp3) is 0.0769. The molecule has 0 atom stereocenters. The van der Waals surface area contributed by atoms with Crippen LogP contribution in [0, 0.1) is 0 Å². The van der Waals surface area contributed by atoms with Crippen LogP contribution in [-0.4, -0.2) is 16.0 Å². The summed E-state index contributed by atoms with van der Waals surface area (Å²) in [5, 5.41) is 11.9. The van der Waals surface area contributed by atoms with Crippen molar-refractivity contribution < 1.29 is 9.90 Å². The average Bonchev–Trinajstić information content (AvgIpc) is 2.33. The number of amides is 1. The molecule has 0 bridgehead atoms. The first-order valence-corrected chi connectivity index (χ1v) is 5.22. The van der Waals surface area contributed by atoms with Crippen LogP contribution in [0.15, 0.2) is 48.8 Å². The summed E-state index contributed by atoms with van der Waals surface area (Å²) in [6, 6.07) is 9.97. The van der Waals surface area contributed by atoms with Gasteiger partial charge < -0.3 is 10.4 Å². The molecule has 0 aliphatic carbocycles. The molecule has 1 aromatic heterocycles. The molecule has 0 fully saturated rings. The standard InChI is InChI=1S/C13H12N2O2/c16-12-3-1-11(2-4-12)15-13(17)9-10-5-7-14-8-6-10/h1-8,16H,9H2,(H,15,17). The topological polar surface area (TPSA) is 62.2 Å². The molecular formula is C13H12N2O2. The zero-order chi connectivity index (χ0) is 12.1.